The Morgan fingerprint density at radius 2 is 1.88 bits per heavy atom. The summed E-state index contributed by atoms with van der Waals surface area (Å²) in [5.41, 5.74) is -0.454. The second-order valence-corrected chi connectivity index (χ2v) is 5.89. The Bertz CT molecular complexity index is 385. The lowest BCUT2D eigenvalue weighted by molar-refractivity contribution is 0.115. The fraction of sp³-hybridized carbons (Fsp3) is 0.500. The van der Waals surface area contributed by atoms with Gasteiger partial charge >= 0.3 is 0 Å². The van der Waals surface area contributed by atoms with Crippen molar-refractivity contribution in [1.82, 2.24) is 0 Å². The molecule has 0 heterocycles. The van der Waals surface area contributed by atoms with Crippen molar-refractivity contribution >= 4 is 15.9 Å². The highest BCUT2D eigenvalue weighted by Gasteiger charge is 2.24. The van der Waals surface area contributed by atoms with Crippen molar-refractivity contribution in [3.8, 4) is 0 Å². The lowest BCUT2D eigenvalue weighted by Crippen LogP contribution is -2.14. The molecule has 1 N–H and O–H groups in total. The molecule has 0 radical (unpaired) electrons. The number of aliphatic hydroxyl groups is 1. The van der Waals surface area contributed by atoms with E-state index in [4.69, 9.17) is 0 Å². The SMILES string of the molecule is CC(C)(C)CC(O)c1c(F)ccc(Br)c1F. The van der Waals surface area contributed by atoms with Crippen LogP contribution in [0.2, 0.25) is 0 Å². The van der Waals surface area contributed by atoms with Crippen LogP contribution in [-0.2, 0) is 0 Å². The standard InChI is InChI=1S/C12H15BrF2O/c1-12(2,3)6-9(16)10-8(14)5-4-7(13)11(10)15/h4-5,9,16H,6H2,1-3H3. The van der Waals surface area contributed by atoms with E-state index in [2.05, 4.69) is 15.9 Å². The molecule has 1 unspecified atom stereocenters. The summed E-state index contributed by atoms with van der Waals surface area (Å²) in [6.07, 6.45) is -0.824. The molecule has 1 rings (SSSR count). The molecule has 1 atom stereocenters. The number of rotatable bonds is 2. The van der Waals surface area contributed by atoms with Crippen molar-refractivity contribution < 1.29 is 13.9 Å². The van der Waals surface area contributed by atoms with Gasteiger partial charge in [0.15, 0.2) is 0 Å². The summed E-state index contributed by atoms with van der Waals surface area (Å²) in [6, 6.07) is 2.44. The maximum Gasteiger partial charge on any atom is 0.146 e. The predicted molar refractivity (Wildman–Crippen MR) is 63.1 cm³/mol. The Balaban J connectivity index is 3.08. The van der Waals surface area contributed by atoms with Gasteiger partial charge in [0.1, 0.15) is 11.6 Å². The van der Waals surface area contributed by atoms with Crippen LogP contribution >= 0.6 is 15.9 Å². The molecule has 16 heavy (non-hydrogen) atoms. The monoisotopic (exact) mass is 292 g/mol. The quantitative estimate of drug-likeness (QED) is 0.810. The summed E-state index contributed by atoms with van der Waals surface area (Å²) in [4.78, 5) is 0. The second kappa shape index (κ2) is 4.80. The fourth-order valence-corrected chi connectivity index (χ4v) is 1.88. The summed E-state index contributed by atoms with van der Waals surface area (Å²) in [7, 11) is 0. The molecule has 0 aliphatic carbocycles. The zero-order valence-corrected chi connectivity index (χ0v) is 11.1. The normalized spacial score (nSPS) is 13.9. The zero-order chi connectivity index (χ0) is 12.5. The molecule has 1 nitrogen and oxygen atoms in total. The van der Waals surface area contributed by atoms with Gasteiger partial charge in [0.05, 0.1) is 16.1 Å². The molecular formula is C12H15BrF2O. The van der Waals surface area contributed by atoms with Gasteiger partial charge in [-0.2, -0.15) is 0 Å². The lowest BCUT2D eigenvalue weighted by Gasteiger charge is -2.23. The summed E-state index contributed by atoms with van der Waals surface area (Å²) in [5, 5.41) is 9.84. The van der Waals surface area contributed by atoms with E-state index in [-0.39, 0.29) is 15.5 Å². The van der Waals surface area contributed by atoms with Crippen molar-refractivity contribution in [3.05, 3.63) is 33.8 Å². The van der Waals surface area contributed by atoms with Gasteiger partial charge in [0.25, 0.3) is 0 Å². The molecular weight excluding hydrogens is 278 g/mol. The van der Waals surface area contributed by atoms with Gasteiger partial charge < -0.3 is 5.11 Å². The van der Waals surface area contributed by atoms with E-state index in [9.17, 15) is 13.9 Å². The first-order chi connectivity index (χ1) is 7.22. The highest BCUT2D eigenvalue weighted by molar-refractivity contribution is 9.10. The second-order valence-electron chi connectivity index (χ2n) is 5.04. The van der Waals surface area contributed by atoms with Crippen LogP contribution in [-0.4, -0.2) is 5.11 Å². The van der Waals surface area contributed by atoms with Crippen LogP contribution in [0, 0.1) is 17.0 Å². The minimum Gasteiger partial charge on any atom is -0.388 e. The largest absolute Gasteiger partial charge is 0.388 e. The summed E-state index contributed by atoms with van der Waals surface area (Å²) in [6.45, 7) is 5.72. The van der Waals surface area contributed by atoms with Crippen LogP contribution in [0.3, 0.4) is 0 Å². The Labute approximate surface area is 103 Å². The van der Waals surface area contributed by atoms with E-state index in [1.807, 2.05) is 20.8 Å². The topological polar surface area (TPSA) is 20.2 Å². The van der Waals surface area contributed by atoms with Gasteiger partial charge in [-0.1, -0.05) is 20.8 Å². The molecule has 1 aromatic carbocycles. The summed E-state index contributed by atoms with van der Waals surface area (Å²) >= 11 is 2.98. The van der Waals surface area contributed by atoms with Crippen molar-refractivity contribution in [1.29, 1.82) is 0 Å². The molecule has 90 valence electrons. The van der Waals surface area contributed by atoms with Crippen molar-refractivity contribution in [2.45, 2.75) is 33.3 Å². The molecule has 0 saturated heterocycles. The predicted octanol–water partition coefficient (Wildman–Crippen LogP) is 4.20. The summed E-state index contributed by atoms with van der Waals surface area (Å²) < 4.78 is 27.2. The smallest absolute Gasteiger partial charge is 0.146 e. The third-order valence-corrected chi connectivity index (χ3v) is 2.83. The first kappa shape index (κ1) is 13.6. The fourth-order valence-electron chi connectivity index (χ4n) is 1.53. The van der Waals surface area contributed by atoms with Gasteiger partial charge in [-0.25, -0.2) is 8.78 Å². The molecule has 0 aliphatic heterocycles. The third kappa shape index (κ3) is 3.25. The van der Waals surface area contributed by atoms with Crippen LogP contribution in [0.5, 0.6) is 0 Å². The maximum atomic E-state index is 13.6. The molecule has 0 amide bonds. The van der Waals surface area contributed by atoms with E-state index >= 15 is 0 Å². The molecule has 0 aliphatic rings. The highest BCUT2D eigenvalue weighted by atomic mass is 79.9. The Kier molecular flexibility index (Phi) is 4.07. The summed E-state index contributed by atoms with van der Waals surface area (Å²) in [5.74, 6) is -1.44. The molecule has 1 aromatic rings. The third-order valence-electron chi connectivity index (χ3n) is 2.22. The molecule has 0 spiro atoms. The minimum absolute atomic E-state index is 0.164. The zero-order valence-electron chi connectivity index (χ0n) is 9.52. The van der Waals surface area contributed by atoms with Crippen LogP contribution in [0.4, 0.5) is 8.78 Å². The van der Waals surface area contributed by atoms with E-state index in [1.54, 1.807) is 0 Å². The number of hydrogen-bond acceptors (Lipinski definition) is 1. The van der Waals surface area contributed by atoms with Crippen molar-refractivity contribution in [2.75, 3.05) is 0 Å². The average Bonchev–Trinajstić information content (AvgIpc) is 2.09. The number of hydrogen-bond donors (Lipinski definition) is 1. The first-order valence-electron chi connectivity index (χ1n) is 5.04. The van der Waals surface area contributed by atoms with E-state index in [0.29, 0.717) is 6.42 Å². The van der Waals surface area contributed by atoms with E-state index in [0.717, 1.165) is 6.07 Å². The lowest BCUT2D eigenvalue weighted by atomic mass is 9.86. The van der Waals surface area contributed by atoms with Gasteiger partial charge in [-0.3, -0.25) is 0 Å². The number of halogens is 3. The molecule has 0 saturated carbocycles. The molecule has 0 bridgehead atoms. The average molecular weight is 293 g/mol. The van der Waals surface area contributed by atoms with Crippen LogP contribution < -0.4 is 0 Å². The van der Waals surface area contributed by atoms with Crippen molar-refractivity contribution in [3.63, 3.8) is 0 Å². The Hall–Kier alpha value is -0.480. The van der Waals surface area contributed by atoms with Gasteiger partial charge in [0, 0.05) is 0 Å². The Morgan fingerprint density at radius 1 is 1.31 bits per heavy atom. The number of benzene rings is 1. The van der Waals surface area contributed by atoms with E-state index in [1.165, 1.54) is 6.07 Å². The van der Waals surface area contributed by atoms with Gasteiger partial charge in [0.2, 0.25) is 0 Å². The molecule has 4 heteroatoms. The highest BCUT2D eigenvalue weighted by Crippen LogP contribution is 2.33. The van der Waals surface area contributed by atoms with Crippen LogP contribution in [0.1, 0.15) is 38.9 Å². The Morgan fingerprint density at radius 3 is 2.38 bits per heavy atom. The van der Waals surface area contributed by atoms with Crippen LogP contribution in [0.15, 0.2) is 16.6 Å². The molecule has 0 aromatic heterocycles. The van der Waals surface area contributed by atoms with Crippen molar-refractivity contribution in [2.24, 2.45) is 5.41 Å². The number of aliphatic hydroxyl groups excluding tert-OH is 1. The minimum atomic E-state index is -1.13. The van der Waals surface area contributed by atoms with E-state index < -0.39 is 17.7 Å². The maximum absolute atomic E-state index is 13.6. The van der Waals surface area contributed by atoms with Gasteiger partial charge in [-0.15, -0.1) is 0 Å². The van der Waals surface area contributed by atoms with Crippen LogP contribution in [0.25, 0.3) is 0 Å². The first-order valence-corrected chi connectivity index (χ1v) is 5.83. The van der Waals surface area contributed by atoms with Gasteiger partial charge in [-0.05, 0) is 39.9 Å². The molecule has 0 fully saturated rings.